The molecule has 5 nitrogen and oxygen atoms in total. The van der Waals surface area contributed by atoms with E-state index in [4.69, 9.17) is 21.1 Å². The van der Waals surface area contributed by atoms with Gasteiger partial charge in [0.2, 0.25) is 5.91 Å². The molecule has 0 saturated carbocycles. The average Bonchev–Trinajstić information content (AvgIpc) is 2.67. The van der Waals surface area contributed by atoms with Gasteiger partial charge in [-0.05, 0) is 48.9 Å². The molecule has 2 aromatic rings. The Labute approximate surface area is 166 Å². The molecule has 0 radical (unpaired) electrons. The highest BCUT2D eigenvalue weighted by molar-refractivity contribution is 6.32. The van der Waals surface area contributed by atoms with Crippen LogP contribution >= 0.6 is 11.6 Å². The average molecular weight is 391 g/mol. The van der Waals surface area contributed by atoms with Crippen molar-refractivity contribution < 1.29 is 14.3 Å². The minimum absolute atomic E-state index is 0.137. The summed E-state index contributed by atoms with van der Waals surface area (Å²) in [5.74, 6) is 1.27. The third-order valence-corrected chi connectivity index (χ3v) is 4.30. The molecule has 0 aliphatic heterocycles. The van der Waals surface area contributed by atoms with Gasteiger partial charge in [-0.3, -0.25) is 4.79 Å². The Morgan fingerprint density at radius 2 is 1.78 bits per heavy atom. The highest BCUT2D eigenvalue weighted by Crippen LogP contribution is 2.27. The van der Waals surface area contributed by atoms with Crippen LogP contribution in [0.15, 0.2) is 42.5 Å². The van der Waals surface area contributed by atoms with Gasteiger partial charge in [0.1, 0.15) is 11.5 Å². The standard InChI is InChI=1S/C21H27ClN2O3/c1-3-4-5-6-13-27-18-10-7-16(8-11-18)24-21(25)15-23-17-9-12-20(26-2)19(22)14-17/h7-12,14,23H,3-6,13,15H2,1-2H3,(H,24,25). The minimum atomic E-state index is -0.143. The van der Waals surface area contributed by atoms with Gasteiger partial charge in [-0.25, -0.2) is 0 Å². The van der Waals surface area contributed by atoms with Gasteiger partial charge in [-0.15, -0.1) is 0 Å². The van der Waals surface area contributed by atoms with Crippen LogP contribution in [0.5, 0.6) is 11.5 Å². The Balaban J connectivity index is 1.74. The van der Waals surface area contributed by atoms with Crippen LogP contribution in [0, 0.1) is 0 Å². The van der Waals surface area contributed by atoms with Crippen molar-refractivity contribution in [2.75, 3.05) is 30.9 Å². The van der Waals surface area contributed by atoms with Gasteiger partial charge in [0, 0.05) is 11.4 Å². The number of carbonyl (C=O) groups excluding carboxylic acids is 1. The van der Waals surface area contributed by atoms with E-state index in [1.807, 2.05) is 30.3 Å². The molecule has 27 heavy (non-hydrogen) atoms. The zero-order valence-electron chi connectivity index (χ0n) is 15.9. The summed E-state index contributed by atoms with van der Waals surface area (Å²) in [6.07, 6.45) is 4.71. The number of benzene rings is 2. The number of amides is 1. The van der Waals surface area contributed by atoms with Crippen molar-refractivity contribution in [2.45, 2.75) is 32.6 Å². The molecule has 1 amide bonds. The van der Waals surface area contributed by atoms with E-state index in [1.165, 1.54) is 19.3 Å². The highest BCUT2D eigenvalue weighted by atomic mass is 35.5. The van der Waals surface area contributed by atoms with Crippen LogP contribution in [0.25, 0.3) is 0 Å². The van der Waals surface area contributed by atoms with E-state index in [0.717, 1.165) is 30.2 Å². The molecule has 0 fully saturated rings. The first kappa shape index (κ1) is 20.9. The summed E-state index contributed by atoms with van der Waals surface area (Å²) in [5.41, 5.74) is 1.48. The van der Waals surface area contributed by atoms with E-state index >= 15 is 0 Å². The second-order valence-corrected chi connectivity index (χ2v) is 6.59. The quantitative estimate of drug-likeness (QED) is 0.507. The van der Waals surface area contributed by atoms with Crippen molar-refractivity contribution in [3.05, 3.63) is 47.5 Å². The number of hydrogen-bond donors (Lipinski definition) is 2. The molecule has 0 aromatic heterocycles. The Morgan fingerprint density at radius 3 is 2.44 bits per heavy atom. The fraction of sp³-hybridized carbons (Fsp3) is 0.381. The van der Waals surface area contributed by atoms with Crippen LogP contribution in [0.2, 0.25) is 5.02 Å². The van der Waals surface area contributed by atoms with Crippen molar-refractivity contribution in [3.8, 4) is 11.5 Å². The smallest absolute Gasteiger partial charge is 0.243 e. The molecule has 2 N–H and O–H groups in total. The Bertz CT molecular complexity index is 720. The Kier molecular flexibility index (Phi) is 8.78. The maximum Gasteiger partial charge on any atom is 0.243 e. The number of halogens is 1. The molecule has 6 heteroatoms. The number of hydrogen-bond acceptors (Lipinski definition) is 4. The lowest BCUT2D eigenvalue weighted by atomic mass is 10.2. The molecule has 0 unspecified atom stereocenters. The van der Waals surface area contributed by atoms with Crippen LogP contribution in [0.3, 0.4) is 0 Å². The first-order chi connectivity index (χ1) is 13.1. The number of methoxy groups -OCH3 is 1. The van der Waals surface area contributed by atoms with E-state index in [1.54, 1.807) is 19.2 Å². The molecule has 0 spiro atoms. The van der Waals surface area contributed by atoms with E-state index in [9.17, 15) is 4.79 Å². The second kappa shape index (κ2) is 11.3. The summed E-state index contributed by atoms with van der Waals surface area (Å²) in [4.78, 5) is 12.1. The zero-order valence-corrected chi connectivity index (χ0v) is 16.6. The lowest BCUT2D eigenvalue weighted by Gasteiger charge is -2.10. The third-order valence-electron chi connectivity index (χ3n) is 4.01. The summed E-state index contributed by atoms with van der Waals surface area (Å²) in [7, 11) is 1.56. The molecular weight excluding hydrogens is 364 g/mol. The van der Waals surface area contributed by atoms with E-state index in [-0.39, 0.29) is 12.5 Å². The van der Waals surface area contributed by atoms with Gasteiger partial charge in [-0.1, -0.05) is 37.8 Å². The molecular formula is C21H27ClN2O3. The Morgan fingerprint density at radius 1 is 1.04 bits per heavy atom. The topological polar surface area (TPSA) is 59.6 Å². The van der Waals surface area contributed by atoms with Crippen molar-refractivity contribution in [2.24, 2.45) is 0 Å². The van der Waals surface area contributed by atoms with Crippen LogP contribution in [0.4, 0.5) is 11.4 Å². The van der Waals surface area contributed by atoms with Gasteiger partial charge in [0.25, 0.3) is 0 Å². The molecule has 0 aliphatic carbocycles. The predicted octanol–water partition coefficient (Wildman–Crippen LogP) is 5.36. The fourth-order valence-corrected chi connectivity index (χ4v) is 2.77. The second-order valence-electron chi connectivity index (χ2n) is 6.18. The Hall–Kier alpha value is -2.40. The summed E-state index contributed by atoms with van der Waals surface area (Å²) >= 11 is 6.07. The van der Waals surface area contributed by atoms with Crippen molar-refractivity contribution in [3.63, 3.8) is 0 Å². The van der Waals surface area contributed by atoms with Crippen molar-refractivity contribution in [1.29, 1.82) is 0 Å². The highest BCUT2D eigenvalue weighted by Gasteiger charge is 2.05. The van der Waals surface area contributed by atoms with Gasteiger partial charge in [0.15, 0.2) is 0 Å². The SMILES string of the molecule is CCCCCCOc1ccc(NC(=O)CNc2ccc(OC)c(Cl)c2)cc1. The summed E-state index contributed by atoms with van der Waals surface area (Å²) < 4.78 is 10.8. The first-order valence-corrected chi connectivity index (χ1v) is 9.60. The molecule has 0 heterocycles. The maximum atomic E-state index is 12.1. The zero-order chi connectivity index (χ0) is 19.5. The van der Waals surface area contributed by atoms with Gasteiger partial charge in [-0.2, -0.15) is 0 Å². The summed E-state index contributed by atoms with van der Waals surface area (Å²) in [5, 5.41) is 6.38. The minimum Gasteiger partial charge on any atom is -0.495 e. The predicted molar refractivity (Wildman–Crippen MR) is 111 cm³/mol. The van der Waals surface area contributed by atoms with Gasteiger partial charge < -0.3 is 20.1 Å². The largest absolute Gasteiger partial charge is 0.495 e. The van der Waals surface area contributed by atoms with E-state index in [0.29, 0.717) is 10.8 Å². The van der Waals surface area contributed by atoms with Crippen LogP contribution in [0.1, 0.15) is 32.6 Å². The maximum absolute atomic E-state index is 12.1. The number of rotatable bonds is 11. The molecule has 0 aliphatic rings. The number of unbranched alkanes of at least 4 members (excludes halogenated alkanes) is 3. The molecule has 2 rings (SSSR count). The van der Waals surface area contributed by atoms with Gasteiger partial charge >= 0.3 is 0 Å². The van der Waals surface area contributed by atoms with Crippen molar-refractivity contribution in [1.82, 2.24) is 0 Å². The normalized spacial score (nSPS) is 10.3. The van der Waals surface area contributed by atoms with E-state index < -0.39 is 0 Å². The molecule has 0 atom stereocenters. The number of ether oxygens (including phenoxy) is 2. The molecule has 0 bridgehead atoms. The number of carbonyl (C=O) groups is 1. The lowest BCUT2D eigenvalue weighted by molar-refractivity contribution is -0.114. The molecule has 2 aromatic carbocycles. The lowest BCUT2D eigenvalue weighted by Crippen LogP contribution is -2.21. The molecule has 0 saturated heterocycles. The third kappa shape index (κ3) is 7.39. The molecule has 146 valence electrons. The summed E-state index contributed by atoms with van der Waals surface area (Å²) in [6, 6.07) is 12.7. The van der Waals surface area contributed by atoms with E-state index in [2.05, 4.69) is 17.6 Å². The summed E-state index contributed by atoms with van der Waals surface area (Å²) in [6.45, 7) is 3.05. The van der Waals surface area contributed by atoms with Gasteiger partial charge in [0.05, 0.1) is 25.3 Å². The number of nitrogens with one attached hydrogen (secondary N) is 2. The first-order valence-electron chi connectivity index (χ1n) is 9.22. The van der Waals surface area contributed by atoms with Crippen LogP contribution in [-0.4, -0.2) is 26.2 Å². The monoisotopic (exact) mass is 390 g/mol. The van der Waals surface area contributed by atoms with Crippen LogP contribution < -0.4 is 20.1 Å². The van der Waals surface area contributed by atoms with Crippen molar-refractivity contribution >= 4 is 28.9 Å². The number of anilines is 2. The van der Waals surface area contributed by atoms with Crippen LogP contribution in [-0.2, 0) is 4.79 Å². The fourth-order valence-electron chi connectivity index (χ4n) is 2.52.